The molecule has 120 valence electrons. The Balaban J connectivity index is 1.37. The molecule has 1 N–H and O–H groups in total. The normalized spacial score (nSPS) is 18.9. The van der Waals surface area contributed by atoms with Gasteiger partial charge in [0.25, 0.3) is 0 Å². The number of aromatic nitrogens is 3. The molecule has 2 aliphatic rings. The molecule has 1 aromatic heterocycles. The lowest BCUT2D eigenvalue weighted by Crippen LogP contribution is -2.33. The van der Waals surface area contributed by atoms with Gasteiger partial charge in [-0.2, -0.15) is 0 Å². The first kappa shape index (κ1) is 14.2. The summed E-state index contributed by atoms with van der Waals surface area (Å²) < 4.78 is 7.79. The maximum Gasteiger partial charge on any atom is 0.227 e. The van der Waals surface area contributed by atoms with Crippen LogP contribution < -0.4 is 10.1 Å². The number of hydrogen-bond acceptors (Lipinski definition) is 4. The Morgan fingerprint density at radius 3 is 3.22 bits per heavy atom. The Hall–Kier alpha value is -2.37. The number of ether oxygens (including phenoxy) is 1. The molecular weight excluding hydrogens is 292 g/mol. The topological polar surface area (TPSA) is 69.0 Å². The van der Waals surface area contributed by atoms with E-state index in [1.54, 1.807) is 0 Å². The number of carbonyl (C=O) groups excluding carboxylic acids is 1. The molecular formula is C17H20N4O2. The molecule has 1 atom stereocenters. The highest BCUT2D eigenvalue weighted by molar-refractivity contribution is 5.84. The van der Waals surface area contributed by atoms with Crippen molar-refractivity contribution in [2.45, 2.75) is 38.1 Å². The molecule has 0 aliphatic carbocycles. The highest BCUT2D eigenvalue weighted by Gasteiger charge is 2.27. The lowest BCUT2D eigenvalue weighted by atomic mass is 9.92. The van der Waals surface area contributed by atoms with Gasteiger partial charge >= 0.3 is 0 Å². The van der Waals surface area contributed by atoms with Gasteiger partial charge in [-0.15, -0.1) is 10.2 Å². The number of benzene rings is 1. The van der Waals surface area contributed by atoms with Crippen molar-refractivity contribution in [2.75, 3.05) is 13.2 Å². The third-order valence-corrected chi connectivity index (χ3v) is 4.61. The van der Waals surface area contributed by atoms with Gasteiger partial charge < -0.3 is 14.6 Å². The number of nitrogens with zero attached hydrogens (tertiary/aromatic N) is 3. The SMILES string of the molecule is O=C(NCCc1nnc2n1CCC2)C1CCOc2ccccc21. The summed E-state index contributed by atoms with van der Waals surface area (Å²) in [7, 11) is 0. The molecule has 0 saturated carbocycles. The summed E-state index contributed by atoms with van der Waals surface area (Å²) in [5, 5.41) is 11.5. The van der Waals surface area contributed by atoms with Gasteiger partial charge in [0, 0.05) is 31.5 Å². The molecule has 1 unspecified atom stereocenters. The first-order valence-electron chi connectivity index (χ1n) is 8.23. The van der Waals surface area contributed by atoms with Gasteiger partial charge in [-0.05, 0) is 18.9 Å². The number of aryl methyl sites for hydroxylation is 1. The maximum atomic E-state index is 12.5. The third-order valence-electron chi connectivity index (χ3n) is 4.61. The van der Waals surface area contributed by atoms with Gasteiger partial charge in [0.15, 0.2) is 0 Å². The highest BCUT2D eigenvalue weighted by Crippen LogP contribution is 2.33. The lowest BCUT2D eigenvalue weighted by Gasteiger charge is -2.25. The largest absolute Gasteiger partial charge is 0.493 e. The van der Waals surface area contributed by atoms with Gasteiger partial charge in [0.2, 0.25) is 5.91 Å². The number of amides is 1. The van der Waals surface area contributed by atoms with E-state index in [1.807, 2.05) is 24.3 Å². The summed E-state index contributed by atoms with van der Waals surface area (Å²) in [5.41, 5.74) is 0.986. The van der Waals surface area contributed by atoms with E-state index in [1.165, 1.54) is 0 Å². The van der Waals surface area contributed by atoms with Crippen LogP contribution in [0.4, 0.5) is 0 Å². The second kappa shape index (κ2) is 6.02. The van der Waals surface area contributed by atoms with Gasteiger partial charge in [-0.25, -0.2) is 0 Å². The molecule has 2 aliphatic heterocycles. The van der Waals surface area contributed by atoms with Gasteiger partial charge in [-0.1, -0.05) is 18.2 Å². The standard InChI is InChI=1S/C17H20N4O2/c22-17(13-8-11-23-14-5-2-1-4-12(13)14)18-9-7-16-20-19-15-6-3-10-21(15)16/h1-2,4-5,13H,3,6-11H2,(H,18,22). The minimum absolute atomic E-state index is 0.0712. The van der Waals surface area contributed by atoms with Crippen molar-refractivity contribution in [1.82, 2.24) is 20.1 Å². The Labute approximate surface area is 134 Å². The molecule has 6 nitrogen and oxygen atoms in total. The molecule has 23 heavy (non-hydrogen) atoms. The van der Waals surface area contributed by atoms with Crippen molar-refractivity contribution in [3.63, 3.8) is 0 Å². The van der Waals surface area contributed by atoms with E-state index >= 15 is 0 Å². The van der Waals surface area contributed by atoms with Crippen LogP contribution in [0.5, 0.6) is 5.75 Å². The van der Waals surface area contributed by atoms with Crippen LogP contribution in [0.1, 0.15) is 36.0 Å². The van der Waals surface area contributed by atoms with E-state index in [0.29, 0.717) is 13.2 Å². The Morgan fingerprint density at radius 2 is 2.26 bits per heavy atom. The fraction of sp³-hybridized carbons (Fsp3) is 0.471. The number of hydrogen-bond donors (Lipinski definition) is 1. The fourth-order valence-corrected chi connectivity index (χ4v) is 3.43. The Bertz CT molecular complexity index is 725. The summed E-state index contributed by atoms with van der Waals surface area (Å²) in [6, 6.07) is 7.79. The van der Waals surface area contributed by atoms with Crippen LogP contribution in [0.2, 0.25) is 0 Å². The van der Waals surface area contributed by atoms with Crippen molar-refractivity contribution in [3.8, 4) is 5.75 Å². The van der Waals surface area contributed by atoms with E-state index in [0.717, 1.165) is 55.2 Å². The Morgan fingerprint density at radius 1 is 1.35 bits per heavy atom. The van der Waals surface area contributed by atoms with Crippen molar-refractivity contribution >= 4 is 5.91 Å². The van der Waals surface area contributed by atoms with E-state index in [-0.39, 0.29) is 11.8 Å². The molecule has 0 spiro atoms. The Kier molecular flexibility index (Phi) is 3.73. The predicted molar refractivity (Wildman–Crippen MR) is 84.4 cm³/mol. The molecule has 1 aromatic carbocycles. The molecule has 0 fully saturated rings. The zero-order valence-corrected chi connectivity index (χ0v) is 13.0. The first-order valence-corrected chi connectivity index (χ1v) is 8.23. The van der Waals surface area contributed by atoms with E-state index in [4.69, 9.17) is 4.74 Å². The van der Waals surface area contributed by atoms with E-state index in [2.05, 4.69) is 20.1 Å². The monoisotopic (exact) mass is 312 g/mol. The zero-order valence-electron chi connectivity index (χ0n) is 13.0. The molecule has 6 heteroatoms. The summed E-state index contributed by atoms with van der Waals surface area (Å²) in [5.74, 6) is 2.83. The van der Waals surface area contributed by atoms with E-state index < -0.39 is 0 Å². The molecule has 1 amide bonds. The smallest absolute Gasteiger partial charge is 0.227 e. The average molecular weight is 312 g/mol. The number of carbonyl (C=O) groups is 1. The van der Waals surface area contributed by atoms with Crippen molar-refractivity contribution in [3.05, 3.63) is 41.5 Å². The highest BCUT2D eigenvalue weighted by atomic mass is 16.5. The fourth-order valence-electron chi connectivity index (χ4n) is 3.43. The lowest BCUT2D eigenvalue weighted by molar-refractivity contribution is -0.123. The molecule has 3 heterocycles. The second-order valence-electron chi connectivity index (χ2n) is 6.06. The molecule has 4 rings (SSSR count). The summed E-state index contributed by atoms with van der Waals surface area (Å²) in [4.78, 5) is 12.5. The van der Waals surface area contributed by atoms with Gasteiger partial charge in [-0.3, -0.25) is 4.79 Å². The third kappa shape index (κ3) is 2.69. The summed E-state index contributed by atoms with van der Waals surface area (Å²) >= 11 is 0. The average Bonchev–Trinajstić information content (AvgIpc) is 3.19. The number of para-hydroxylation sites is 1. The first-order chi connectivity index (χ1) is 11.3. The van der Waals surface area contributed by atoms with Crippen LogP contribution in [0, 0.1) is 0 Å². The summed E-state index contributed by atoms with van der Waals surface area (Å²) in [6.45, 7) is 2.18. The molecule has 0 radical (unpaired) electrons. The zero-order chi connectivity index (χ0) is 15.6. The van der Waals surface area contributed by atoms with Crippen LogP contribution in [0.3, 0.4) is 0 Å². The molecule has 0 saturated heterocycles. The van der Waals surface area contributed by atoms with Gasteiger partial charge in [0.1, 0.15) is 17.4 Å². The minimum atomic E-state index is -0.121. The predicted octanol–water partition coefficient (Wildman–Crippen LogP) is 1.45. The van der Waals surface area contributed by atoms with Crippen LogP contribution in [0.15, 0.2) is 24.3 Å². The van der Waals surface area contributed by atoms with Crippen LogP contribution >= 0.6 is 0 Å². The number of rotatable bonds is 4. The summed E-state index contributed by atoms with van der Waals surface area (Å²) in [6.07, 6.45) is 3.61. The number of nitrogens with one attached hydrogen (secondary N) is 1. The second-order valence-corrected chi connectivity index (χ2v) is 6.06. The molecule has 0 bridgehead atoms. The van der Waals surface area contributed by atoms with Crippen LogP contribution in [-0.2, 0) is 24.2 Å². The van der Waals surface area contributed by atoms with Gasteiger partial charge in [0.05, 0.1) is 12.5 Å². The molecule has 2 aromatic rings. The van der Waals surface area contributed by atoms with Crippen LogP contribution in [0.25, 0.3) is 0 Å². The van der Waals surface area contributed by atoms with Crippen LogP contribution in [-0.4, -0.2) is 33.8 Å². The number of fused-ring (bicyclic) bond motifs is 2. The van der Waals surface area contributed by atoms with E-state index in [9.17, 15) is 4.79 Å². The van der Waals surface area contributed by atoms with Crippen molar-refractivity contribution in [2.24, 2.45) is 0 Å². The van der Waals surface area contributed by atoms with Crippen molar-refractivity contribution in [1.29, 1.82) is 0 Å². The minimum Gasteiger partial charge on any atom is -0.493 e. The quantitative estimate of drug-likeness (QED) is 0.928. The van der Waals surface area contributed by atoms with Crippen molar-refractivity contribution < 1.29 is 9.53 Å². The maximum absolute atomic E-state index is 12.5.